The van der Waals surface area contributed by atoms with Crippen molar-refractivity contribution in [3.05, 3.63) is 164 Å². The van der Waals surface area contributed by atoms with Gasteiger partial charge in [-0.1, -0.05) is 158 Å². The van der Waals surface area contributed by atoms with Crippen molar-refractivity contribution in [3.8, 4) is 45.3 Å². The highest BCUT2D eigenvalue weighted by atomic mass is 15.0. The molecule has 0 unspecified atom stereocenters. The molecule has 0 radical (unpaired) electrons. The molecule has 9 rings (SSSR count). The van der Waals surface area contributed by atoms with Gasteiger partial charge in [0, 0.05) is 22.1 Å². The van der Waals surface area contributed by atoms with Gasteiger partial charge in [0.2, 0.25) is 0 Å². The maximum Gasteiger partial charge on any atom is 0.165 e. The number of benzene rings is 8. The van der Waals surface area contributed by atoms with Crippen molar-refractivity contribution in [2.45, 2.75) is 0 Å². The van der Waals surface area contributed by atoms with Gasteiger partial charge < -0.3 is 0 Å². The lowest BCUT2D eigenvalue weighted by Crippen LogP contribution is -2.02. The fourth-order valence-electron chi connectivity index (χ4n) is 6.77. The van der Waals surface area contributed by atoms with E-state index < -0.39 is 0 Å². The average Bonchev–Trinajstić information content (AvgIpc) is 3.13. The number of rotatable bonds is 4. The van der Waals surface area contributed by atoms with E-state index in [9.17, 15) is 0 Å². The van der Waals surface area contributed by atoms with Gasteiger partial charge >= 0.3 is 0 Å². The van der Waals surface area contributed by atoms with E-state index in [4.69, 9.17) is 15.0 Å². The Labute approximate surface area is 266 Å². The number of fused-ring (bicyclic) bond motifs is 5. The quantitative estimate of drug-likeness (QED) is 0.152. The maximum absolute atomic E-state index is 5.35. The predicted molar refractivity (Wildman–Crippen MR) is 192 cm³/mol. The van der Waals surface area contributed by atoms with E-state index in [0.717, 1.165) is 49.4 Å². The molecular formula is C43H27N3. The van der Waals surface area contributed by atoms with Crippen LogP contribution in [0.3, 0.4) is 0 Å². The summed E-state index contributed by atoms with van der Waals surface area (Å²) >= 11 is 0. The molecule has 46 heavy (non-hydrogen) atoms. The van der Waals surface area contributed by atoms with E-state index in [2.05, 4.69) is 146 Å². The van der Waals surface area contributed by atoms with Gasteiger partial charge in [-0.15, -0.1) is 0 Å². The average molecular weight is 586 g/mol. The highest BCUT2D eigenvalue weighted by molar-refractivity contribution is 6.21. The Bertz CT molecular complexity index is 2580. The van der Waals surface area contributed by atoms with E-state index in [-0.39, 0.29) is 0 Å². The van der Waals surface area contributed by atoms with Crippen LogP contribution in [-0.2, 0) is 0 Å². The van der Waals surface area contributed by atoms with Crippen LogP contribution in [-0.4, -0.2) is 15.0 Å². The minimum Gasteiger partial charge on any atom is -0.208 e. The molecule has 0 spiro atoms. The van der Waals surface area contributed by atoms with Crippen molar-refractivity contribution in [2.24, 2.45) is 0 Å². The molecular weight excluding hydrogens is 558 g/mol. The summed E-state index contributed by atoms with van der Waals surface area (Å²) in [6.45, 7) is 0. The van der Waals surface area contributed by atoms with Crippen molar-refractivity contribution in [2.75, 3.05) is 0 Å². The third-order valence-corrected chi connectivity index (χ3v) is 8.89. The van der Waals surface area contributed by atoms with Crippen LogP contribution in [0, 0.1) is 0 Å². The second-order valence-electron chi connectivity index (χ2n) is 11.6. The van der Waals surface area contributed by atoms with Crippen LogP contribution in [0.25, 0.3) is 88.4 Å². The van der Waals surface area contributed by atoms with E-state index in [1.807, 2.05) is 18.2 Å². The van der Waals surface area contributed by atoms with Gasteiger partial charge in [-0.3, -0.25) is 0 Å². The first kappa shape index (κ1) is 26.2. The van der Waals surface area contributed by atoms with Gasteiger partial charge in [-0.05, 0) is 54.9 Å². The fraction of sp³-hybridized carbons (Fsp3) is 0. The van der Waals surface area contributed by atoms with E-state index in [1.54, 1.807) is 0 Å². The van der Waals surface area contributed by atoms with Crippen LogP contribution >= 0.6 is 0 Å². The van der Waals surface area contributed by atoms with Gasteiger partial charge in [0.05, 0.1) is 0 Å². The Hall–Kier alpha value is -6.19. The largest absolute Gasteiger partial charge is 0.208 e. The second kappa shape index (κ2) is 10.8. The molecule has 3 heteroatoms. The van der Waals surface area contributed by atoms with E-state index in [1.165, 1.54) is 21.5 Å². The normalized spacial score (nSPS) is 11.5. The molecule has 0 atom stereocenters. The zero-order valence-corrected chi connectivity index (χ0v) is 24.9. The van der Waals surface area contributed by atoms with Crippen LogP contribution in [0.4, 0.5) is 0 Å². The summed E-state index contributed by atoms with van der Waals surface area (Å²) in [5.41, 5.74) is 5.18. The lowest BCUT2D eigenvalue weighted by Gasteiger charge is -2.16. The summed E-state index contributed by atoms with van der Waals surface area (Å²) in [7, 11) is 0. The van der Waals surface area contributed by atoms with Crippen LogP contribution in [0.5, 0.6) is 0 Å². The highest BCUT2D eigenvalue weighted by Crippen LogP contribution is 2.41. The van der Waals surface area contributed by atoms with Crippen LogP contribution in [0.2, 0.25) is 0 Å². The number of nitrogens with zero attached hydrogens (tertiary/aromatic N) is 3. The molecule has 214 valence electrons. The van der Waals surface area contributed by atoms with Gasteiger partial charge in [0.15, 0.2) is 17.5 Å². The van der Waals surface area contributed by atoms with Crippen molar-refractivity contribution in [1.82, 2.24) is 15.0 Å². The lowest BCUT2D eigenvalue weighted by atomic mass is 9.92. The van der Waals surface area contributed by atoms with Crippen LogP contribution in [0.15, 0.2) is 164 Å². The zero-order chi connectivity index (χ0) is 30.5. The Kier molecular flexibility index (Phi) is 6.14. The van der Waals surface area contributed by atoms with Crippen molar-refractivity contribution in [3.63, 3.8) is 0 Å². The van der Waals surface area contributed by atoms with Crippen LogP contribution < -0.4 is 0 Å². The van der Waals surface area contributed by atoms with Gasteiger partial charge in [-0.25, -0.2) is 15.0 Å². The molecule has 0 fully saturated rings. The number of hydrogen-bond donors (Lipinski definition) is 0. The zero-order valence-electron chi connectivity index (χ0n) is 24.9. The molecule has 1 heterocycles. The van der Waals surface area contributed by atoms with E-state index >= 15 is 0 Å². The molecule has 0 bridgehead atoms. The molecule has 0 saturated heterocycles. The van der Waals surface area contributed by atoms with Crippen molar-refractivity contribution < 1.29 is 0 Å². The molecule has 0 amide bonds. The monoisotopic (exact) mass is 585 g/mol. The van der Waals surface area contributed by atoms with Crippen molar-refractivity contribution in [1.29, 1.82) is 0 Å². The summed E-state index contributed by atoms with van der Waals surface area (Å²) in [6, 6.07) is 57.4. The molecule has 9 aromatic rings. The second-order valence-corrected chi connectivity index (χ2v) is 11.6. The predicted octanol–water partition coefficient (Wildman–Crippen LogP) is 11.2. The smallest absolute Gasteiger partial charge is 0.165 e. The summed E-state index contributed by atoms with van der Waals surface area (Å²) < 4.78 is 0. The standard InChI is InChI=1S/C43H27N3/c1-2-15-30(16-3-1)41-44-42(38-23-11-10-22-37(38)36-24-12-18-28-13-4-7-19-33(28)36)46-43(45-41)40-35-21-9-6-17-31(35)27-32-26-25-29-14-5-8-20-34(29)39(32)40/h1-27H. The Balaban J connectivity index is 1.39. The fourth-order valence-corrected chi connectivity index (χ4v) is 6.77. The topological polar surface area (TPSA) is 38.7 Å². The van der Waals surface area contributed by atoms with Gasteiger partial charge in [-0.2, -0.15) is 0 Å². The van der Waals surface area contributed by atoms with Gasteiger partial charge in [0.25, 0.3) is 0 Å². The molecule has 1 aromatic heterocycles. The third kappa shape index (κ3) is 4.33. The summed E-state index contributed by atoms with van der Waals surface area (Å²) in [5, 5.41) is 9.34. The summed E-state index contributed by atoms with van der Waals surface area (Å²) in [4.78, 5) is 15.8. The maximum atomic E-state index is 5.35. The molecule has 0 aliphatic rings. The van der Waals surface area contributed by atoms with E-state index in [0.29, 0.717) is 17.5 Å². The molecule has 0 aliphatic heterocycles. The van der Waals surface area contributed by atoms with Crippen molar-refractivity contribution >= 4 is 43.1 Å². The van der Waals surface area contributed by atoms with Crippen LogP contribution in [0.1, 0.15) is 0 Å². The first-order chi connectivity index (χ1) is 22.8. The lowest BCUT2D eigenvalue weighted by molar-refractivity contribution is 1.08. The molecule has 0 N–H and O–H groups in total. The molecule has 0 saturated carbocycles. The molecule has 8 aromatic carbocycles. The molecule has 0 aliphatic carbocycles. The number of hydrogen-bond acceptors (Lipinski definition) is 3. The summed E-state index contributed by atoms with van der Waals surface area (Å²) in [6.07, 6.45) is 0. The SMILES string of the molecule is c1ccc(-c2nc(-c3ccccc3-c3cccc4ccccc34)nc(-c3c4ccccc4cc4ccc5ccccc5c34)n2)cc1. The Morgan fingerprint density at radius 2 is 0.848 bits per heavy atom. The Morgan fingerprint density at radius 3 is 1.67 bits per heavy atom. The number of aromatic nitrogens is 3. The summed E-state index contributed by atoms with van der Waals surface area (Å²) in [5.74, 6) is 1.96. The minimum atomic E-state index is 0.647. The molecule has 3 nitrogen and oxygen atoms in total. The first-order valence-corrected chi connectivity index (χ1v) is 15.5. The van der Waals surface area contributed by atoms with Gasteiger partial charge in [0.1, 0.15) is 0 Å². The third-order valence-electron chi connectivity index (χ3n) is 8.89. The minimum absolute atomic E-state index is 0.647. The first-order valence-electron chi connectivity index (χ1n) is 15.5. The Morgan fingerprint density at radius 1 is 0.304 bits per heavy atom. The highest BCUT2D eigenvalue weighted by Gasteiger charge is 2.20.